The zero-order valence-corrected chi connectivity index (χ0v) is 9.30. The van der Waals surface area contributed by atoms with Gasteiger partial charge in [0.2, 0.25) is 0 Å². The highest BCUT2D eigenvalue weighted by Crippen LogP contribution is 2.01. The first-order chi connectivity index (χ1) is 7.22. The summed E-state index contributed by atoms with van der Waals surface area (Å²) in [6.07, 6.45) is 2.80. The lowest BCUT2D eigenvalue weighted by Crippen LogP contribution is -2.25. The summed E-state index contributed by atoms with van der Waals surface area (Å²) in [6.45, 7) is 1.67. The van der Waals surface area contributed by atoms with Gasteiger partial charge in [0.05, 0.1) is 18.2 Å². The Kier molecular flexibility index (Phi) is 5.53. The molecule has 84 valence electrons. The largest absolute Gasteiger partial charge is 0.383 e. The Morgan fingerprint density at radius 2 is 2.40 bits per heavy atom. The Balaban J connectivity index is 2.25. The van der Waals surface area contributed by atoms with Gasteiger partial charge in [-0.2, -0.15) is 0 Å². The molecule has 1 atom stereocenters. The third-order valence-electron chi connectivity index (χ3n) is 1.80. The van der Waals surface area contributed by atoms with E-state index in [1.807, 2.05) is 0 Å². The van der Waals surface area contributed by atoms with Crippen LogP contribution in [0, 0.1) is 5.82 Å². The molecule has 0 aliphatic carbocycles. The van der Waals surface area contributed by atoms with E-state index >= 15 is 0 Å². The van der Waals surface area contributed by atoms with Crippen LogP contribution in [0.15, 0.2) is 18.5 Å². The molecule has 1 aromatic heterocycles. The summed E-state index contributed by atoms with van der Waals surface area (Å²) in [4.78, 5) is 3.75. The molecule has 0 aliphatic rings. The quantitative estimate of drug-likeness (QED) is 0.756. The van der Waals surface area contributed by atoms with Gasteiger partial charge < -0.3 is 10.1 Å². The number of aromatic nitrogens is 1. The molecule has 0 saturated carbocycles. The van der Waals surface area contributed by atoms with Crippen LogP contribution in [0.25, 0.3) is 0 Å². The van der Waals surface area contributed by atoms with E-state index in [4.69, 9.17) is 16.3 Å². The van der Waals surface area contributed by atoms with Gasteiger partial charge in [-0.15, -0.1) is 11.6 Å². The minimum atomic E-state index is -0.325. The van der Waals surface area contributed by atoms with Gasteiger partial charge in [0.1, 0.15) is 5.82 Å². The van der Waals surface area contributed by atoms with Crippen molar-refractivity contribution in [2.45, 2.75) is 11.9 Å². The molecule has 0 fully saturated rings. The van der Waals surface area contributed by atoms with Crippen molar-refractivity contribution in [3.8, 4) is 0 Å². The number of methoxy groups -OCH3 is 1. The maximum absolute atomic E-state index is 12.7. The first kappa shape index (κ1) is 12.4. The number of halogens is 2. The number of hydrogen-bond acceptors (Lipinski definition) is 3. The summed E-state index contributed by atoms with van der Waals surface area (Å²) in [7, 11) is 1.60. The third kappa shape index (κ3) is 5.06. The van der Waals surface area contributed by atoms with Crippen LogP contribution in [0.5, 0.6) is 0 Å². The summed E-state index contributed by atoms with van der Waals surface area (Å²) in [5, 5.41) is 3.02. The van der Waals surface area contributed by atoms with Crippen molar-refractivity contribution in [3.05, 3.63) is 29.8 Å². The number of ether oxygens (including phenoxy) is 1. The van der Waals surface area contributed by atoms with Crippen molar-refractivity contribution >= 4 is 11.6 Å². The molecule has 0 spiro atoms. The van der Waals surface area contributed by atoms with Gasteiger partial charge in [-0.1, -0.05) is 0 Å². The standard InChI is InChI=1S/C10H14ClFN2O/c1-15-7-9(11)5-13-3-8-2-10(12)6-14-4-8/h2,4,6,9,13H,3,5,7H2,1H3. The number of nitrogens with one attached hydrogen (secondary N) is 1. The van der Waals surface area contributed by atoms with Crippen molar-refractivity contribution in [3.63, 3.8) is 0 Å². The molecule has 0 aromatic carbocycles. The van der Waals surface area contributed by atoms with Crippen LogP contribution in [0.3, 0.4) is 0 Å². The molecule has 1 unspecified atom stereocenters. The Morgan fingerprint density at radius 3 is 3.07 bits per heavy atom. The lowest BCUT2D eigenvalue weighted by atomic mass is 10.3. The van der Waals surface area contributed by atoms with Gasteiger partial charge in [0.25, 0.3) is 0 Å². The molecule has 1 aromatic rings. The van der Waals surface area contributed by atoms with Gasteiger partial charge in [0, 0.05) is 26.4 Å². The molecule has 15 heavy (non-hydrogen) atoms. The zero-order valence-electron chi connectivity index (χ0n) is 8.54. The summed E-state index contributed by atoms with van der Waals surface area (Å²) >= 11 is 5.90. The monoisotopic (exact) mass is 232 g/mol. The lowest BCUT2D eigenvalue weighted by molar-refractivity contribution is 0.197. The smallest absolute Gasteiger partial charge is 0.141 e. The number of nitrogens with zero attached hydrogens (tertiary/aromatic N) is 1. The molecule has 0 bridgehead atoms. The molecule has 1 rings (SSSR count). The average Bonchev–Trinajstić information content (AvgIpc) is 2.18. The molecule has 0 radical (unpaired) electrons. The van der Waals surface area contributed by atoms with Crippen molar-refractivity contribution in [1.82, 2.24) is 10.3 Å². The maximum atomic E-state index is 12.7. The van der Waals surface area contributed by atoms with Crippen molar-refractivity contribution in [1.29, 1.82) is 0 Å². The molecule has 0 amide bonds. The second-order valence-corrected chi connectivity index (χ2v) is 3.81. The van der Waals surface area contributed by atoms with Crippen molar-refractivity contribution in [2.75, 3.05) is 20.3 Å². The van der Waals surface area contributed by atoms with Gasteiger partial charge >= 0.3 is 0 Å². The van der Waals surface area contributed by atoms with E-state index in [0.717, 1.165) is 5.56 Å². The van der Waals surface area contributed by atoms with E-state index in [2.05, 4.69) is 10.3 Å². The molecular weight excluding hydrogens is 219 g/mol. The van der Waals surface area contributed by atoms with E-state index < -0.39 is 0 Å². The van der Waals surface area contributed by atoms with Crippen LogP contribution in [0.2, 0.25) is 0 Å². The average molecular weight is 233 g/mol. The fourth-order valence-electron chi connectivity index (χ4n) is 1.17. The number of alkyl halides is 1. The highest BCUT2D eigenvalue weighted by molar-refractivity contribution is 6.20. The predicted molar refractivity (Wildman–Crippen MR) is 57.4 cm³/mol. The minimum absolute atomic E-state index is 0.0727. The molecule has 0 aliphatic heterocycles. The summed E-state index contributed by atoms with van der Waals surface area (Å²) in [5.74, 6) is -0.325. The fourth-order valence-corrected chi connectivity index (χ4v) is 1.40. The highest BCUT2D eigenvalue weighted by atomic mass is 35.5. The second kappa shape index (κ2) is 6.71. The highest BCUT2D eigenvalue weighted by Gasteiger charge is 2.03. The minimum Gasteiger partial charge on any atom is -0.383 e. The summed E-state index contributed by atoms with van der Waals surface area (Å²) < 4.78 is 17.6. The first-order valence-electron chi connectivity index (χ1n) is 4.65. The van der Waals surface area contributed by atoms with Crippen molar-refractivity contribution in [2.24, 2.45) is 0 Å². The molecule has 0 saturated heterocycles. The third-order valence-corrected chi connectivity index (χ3v) is 2.08. The van der Waals surface area contributed by atoms with E-state index in [0.29, 0.717) is 19.7 Å². The second-order valence-electron chi connectivity index (χ2n) is 3.19. The summed E-state index contributed by atoms with van der Waals surface area (Å²) in [5.41, 5.74) is 0.802. The number of pyridine rings is 1. The SMILES string of the molecule is COCC(Cl)CNCc1cncc(F)c1. The number of hydrogen-bond donors (Lipinski definition) is 1. The van der Waals surface area contributed by atoms with Crippen LogP contribution < -0.4 is 5.32 Å². The normalized spacial score (nSPS) is 12.7. The Hall–Kier alpha value is -0.710. The predicted octanol–water partition coefficient (Wildman–Crippen LogP) is 1.56. The van der Waals surface area contributed by atoms with Gasteiger partial charge in [-0.05, 0) is 11.6 Å². The Labute approximate surface area is 93.6 Å². The Bertz CT molecular complexity index is 299. The van der Waals surface area contributed by atoms with E-state index in [1.165, 1.54) is 12.3 Å². The summed E-state index contributed by atoms with van der Waals surface area (Å²) in [6, 6.07) is 1.44. The maximum Gasteiger partial charge on any atom is 0.141 e. The van der Waals surface area contributed by atoms with Crippen LogP contribution in [-0.4, -0.2) is 30.6 Å². The van der Waals surface area contributed by atoms with Crippen LogP contribution in [-0.2, 0) is 11.3 Å². The fraction of sp³-hybridized carbons (Fsp3) is 0.500. The van der Waals surface area contributed by atoms with E-state index in [-0.39, 0.29) is 11.2 Å². The van der Waals surface area contributed by atoms with E-state index in [1.54, 1.807) is 13.3 Å². The van der Waals surface area contributed by atoms with E-state index in [9.17, 15) is 4.39 Å². The molecule has 3 nitrogen and oxygen atoms in total. The van der Waals surface area contributed by atoms with Gasteiger partial charge in [0.15, 0.2) is 0 Å². The molecular formula is C10H14ClFN2O. The molecule has 5 heteroatoms. The van der Waals surface area contributed by atoms with Gasteiger partial charge in [-0.25, -0.2) is 4.39 Å². The first-order valence-corrected chi connectivity index (χ1v) is 5.09. The zero-order chi connectivity index (χ0) is 11.1. The van der Waals surface area contributed by atoms with Gasteiger partial charge in [-0.3, -0.25) is 4.98 Å². The van der Waals surface area contributed by atoms with Crippen LogP contribution in [0.4, 0.5) is 4.39 Å². The lowest BCUT2D eigenvalue weighted by Gasteiger charge is -2.09. The molecule has 1 N–H and O–H groups in total. The molecule has 1 heterocycles. The Morgan fingerprint density at radius 1 is 1.60 bits per heavy atom. The van der Waals surface area contributed by atoms with Crippen LogP contribution in [0.1, 0.15) is 5.56 Å². The van der Waals surface area contributed by atoms with Crippen molar-refractivity contribution < 1.29 is 9.13 Å². The van der Waals surface area contributed by atoms with Crippen LogP contribution >= 0.6 is 11.6 Å². The topological polar surface area (TPSA) is 34.1 Å². The number of rotatable bonds is 6.